The molecule has 7 nitrogen and oxygen atoms in total. The highest BCUT2D eigenvalue weighted by Gasteiger charge is 2.05. The highest BCUT2D eigenvalue weighted by Crippen LogP contribution is 2.13. The highest BCUT2D eigenvalue weighted by atomic mass is 16.5. The van der Waals surface area contributed by atoms with Gasteiger partial charge in [0.15, 0.2) is 0 Å². The zero-order valence-electron chi connectivity index (χ0n) is 11.8. The first kappa shape index (κ1) is 13.9. The van der Waals surface area contributed by atoms with E-state index in [0.717, 1.165) is 11.3 Å². The number of nitrogens with one attached hydrogen (secondary N) is 1. The monoisotopic (exact) mass is 274 g/mol. The lowest BCUT2D eigenvalue weighted by Gasteiger charge is -2.12. The molecule has 1 aromatic carbocycles. The van der Waals surface area contributed by atoms with Gasteiger partial charge in [0, 0.05) is 20.6 Å². The standard InChI is InChI=1S/C13H18N6O/c1-19(2)13-17-11(14)16-12(18-13)15-8-9-4-6-10(20-3)7-5-9/h4-7H,8H2,1-3H3,(H3,14,15,16,17,18). The van der Waals surface area contributed by atoms with E-state index in [0.29, 0.717) is 18.4 Å². The van der Waals surface area contributed by atoms with Crippen LogP contribution >= 0.6 is 0 Å². The molecule has 0 aliphatic carbocycles. The summed E-state index contributed by atoms with van der Waals surface area (Å²) in [7, 11) is 5.34. The van der Waals surface area contributed by atoms with Gasteiger partial charge in [-0.2, -0.15) is 15.0 Å². The lowest BCUT2D eigenvalue weighted by atomic mass is 10.2. The van der Waals surface area contributed by atoms with Crippen LogP contribution in [-0.2, 0) is 6.54 Å². The van der Waals surface area contributed by atoms with Gasteiger partial charge in [0.25, 0.3) is 0 Å². The molecule has 2 rings (SSSR count). The van der Waals surface area contributed by atoms with Crippen LogP contribution in [0.3, 0.4) is 0 Å². The molecule has 7 heteroatoms. The van der Waals surface area contributed by atoms with Crippen molar-refractivity contribution in [2.75, 3.05) is 37.2 Å². The summed E-state index contributed by atoms with van der Waals surface area (Å²) in [4.78, 5) is 14.1. The van der Waals surface area contributed by atoms with Gasteiger partial charge in [-0.25, -0.2) is 0 Å². The van der Waals surface area contributed by atoms with Crippen LogP contribution in [0.4, 0.5) is 17.8 Å². The molecular formula is C13H18N6O. The van der Waals surface area contributed by atoms with Gasteiger partial charge in [0.2, 0.25) is 17.8 Å². The van der Waals surface area contributed by atoms with Gasteiger partial charge in [-0.15, -0.1) is 0 Å². The van der Waals surface area contributed by atoms with Crippen molar-refractivity contribution in [1.82, 2.24) is 15.0 Å². The molecule has 0 amide bonds. The average molecular weight is 274 g/mol. The molecule has 3 N–H and O–H groups in total. The lowest BCUT2D eigenvalue weighted by Crippen LogP contribution is -2.16. The van der Waals surface area contributed by atoms with Gasteiger partial charge < -0.3 is 20.7 Å². The topological polar surface area (TPSA) is 89.2 Å². The van der Waals surface area contributed by atoms with Crippen molar-refractivity contribution in [3.8, 4) is 5.75 Å². The predicted octanol–water partition coefficient (Wildman–Crippen LogP) is 1.14. The quantitative estimate of drug-likeness (QED) is 0.845. The Balaban J connectivity index is 2.06. The number of rotatable bonds is 5. The van der Waals surface area contributed by atoms with Crippen LogP contribution in [0.25, 0.3) is 0 Å². The second-order valence-corrected chi connectivity index (χ2v) is 4.41. The van der Waals surface area contributed by atoms with Gasteiger partial charge in [-0.3, -0.25) is 0 Å². The Morgan fingerprint density at radius 1 is 1.15 bits per heavy atom. The van der Waals surface area contributed by atoms with Crippen LogP contribution < -0.4 is 20.7 Å². The number of hydrogen-bond donors (Lipinski definition) is 2. The SMILES string of the molecule is COc1ccc(CNc2nc(N)nc(N(C)C)n2)cc1. The summed E-state index contributed by atoms with van der Waals surface area (Å²) in [5, 5.41) is 3.12. The average Bonchev–Trinajstić information content (AvgIpc) is 2.45. The van der Waals surface area contributed by atoms with Gasteiger partial charge in [0.05, 0.1) is 7.11 Å². The van der Waals surface area contributed by atoms with E-state index in [2.05, 4.69) is 20.3 Å². The molecule has 0 spiro atoms. The molecule has 0 radical (unpaired) electrons. The van der Waals surface area contributed by atoms with E-state index in [1.165, 1.54) is 0 Å². The Morgan fingerprint density at radius 3 is 2.45 bits per heavy atom. The van der Waals surface area contributed by atoms with E-state index in [9.17, 15) is 0 Å². The minimum atomic E-state index is 0.195. The third-order valence-corrected chi connectivity index (χ3v) is 2.65. The van der Waals surface area contributed by atoms with Crippen LogP contribution in [0, 0.1) is 0 Å². The minimum absolute atomic E-state index is 0.195. The molecule has 2 aromatic rings. The number of nitrogen functional groups attached to an aromatic ring is 1. The number of nitrogens with two attached hydrogens (primary N) is 1. The smallest absolute Gasteiger partial charge is 0.231 e. The van der Waals surface area contributed by atoms with Crippen LogP contribution in [-0.4, -0.2) is 36.2 Å². The largest absolute Gasteiger partial charge is 0.497 e. The summed E-state index contributed by atoms with van der Waals surface area (Å²) in [6.07, 6.45) is 0. The van der Waals surface area contributed by atoms with Crippen molar-refractivity contribution >= 4 is 17.8 Å². The number of aromatic nitrogens is 3. The number of benzene rings is 1. The fourth-order valence-corrected chi connectivity index (χ4v) is 1.58. The van der Waals surface area contributed by atoms with Crippen LogP contribution in [0.1, 0.15) is 5.56 Å². The van der Waals surface area contributed by atoms with E-state index in [-0.39, 0.29) is 5.95 Å². The van der Waals surface area contributed by atoms with E-state index < -0.39 is 0 Å². The first-order chi connectivity index (χ1) is 9.58. The van der Waals surface area contributed by atoms with Crippen LogP contribution in [0.15, 0.2) is 24.3 Å². The van der Waals surface area contributed by atoms with Crippen molar-refractivity contribution in [1.29, 1.82) is 0 Å². The lowest BCUT2D eigenvalue weighted by molar-refractivity contribution is 0.414. The molecule has 0 saturated heterocycles. The number of hydrogen-bond acceptors (Lipinski definition) is 7. The van der Waals surface area contributed by atoms with Gasteiger partial charge in [-0.1, -0.05) is 12.1 Å². The Labute approximate surface area is 117 Å². The molecule has 0 saturated carbocycles. The van der Waals surface area contributed by atoms with Crippen LogP contribution in [0.2, 0.25) is 0 Å². The summed E-state index contributed by atoms with van der Waals surface area (Å²) >= 11 is 0. The summed E-state index contributed by atoms with van der Waals surface area (Å²) in [5.41, 5.74) is 6.75. The summed E-state index contributed by atoms with van der Waals surface area (Å²) < 4.78 is 5.11. The molecular weight excluding hydrogens is 256 g/mol. The summed E-state index contributed by atoms with van der Waals surface area (Å²) in [5.74, 6) is 2.00. The first-order valence-electron chi connectivity index (χ1n) is 6.14. The normalized spacial score (nSPS) is 10.2. The highest BCUT2D eigenvalue weighted by molar-refractivity contribution is 5.41. The number of anilines is 3. The van der Waals surface area contributed by atoms with Crippen molar-refractivity contribution in [2.45, 2.75) is 6.54 Å². The Hall–Kier alpha value is -2.57. The van der Waals surface area contributed by atoms with Gasteiger partial charge >= 0.3 is 0 Å². The number of nitrogens with zero attached hydrogens (tertiary/aromatic N) is 4. The molecule has 0 aliphatic rings. The van der Waals surface area contributed by atoms with Crippen LogP contribution in [0.5, 0.6) is 5.75 Å². The molecule has 0 unspecified atom stereocenters. The predicted molar refractivity (Wildman–Crippen MR) is 78.9 cm³/mol. The second-order valence-electron chi connectivity index (χ2n) is 4.41. The molecule has 106 valence electrons. The molecule has 20 heavy (non-hydrogen) atoms. The third-order valence-electron chi connectivity index (χ3n) is 2.65. The molecule has 1 heterocycles. The van der Waals surface area contributed by atoms with E-state index >= 15 is 0 Å². The third kappa shape index (κ3) is 3.47. The van der Waals surface area contributed by atoms with Crippen molar-refractivity contribution in [2.24, 2.45) is 0 Å². The maximum Gasteiger partial charge on any atom is 0.231 e. The zero-order valence-corrected chi connectivity index (χ0v) is 11.8. The number of ether oxygens (including phenoxy) is 1. The Kier molecular flexibility index (Phi) is 4.19. The van der Waals surface area contributed by atoms with Crippen molar-refractivity contribution in [3.63, 3.8) is 0 Å². The second kappa shape index (κ2) is 6.05. The minimum Gasteiger partial charge on any atom is -0.497 e. The van der Waals surface area contributed by atoms with E-state index in [1.807, 2.05) is 38.4 Å². The molecule has 1 aromatic heterocycles. The van der Waals surface area contributed by atoms with Gasteiger partial charge in [-0.05, 0) is 17.7 Å². The summed E-state index contributed by atoms with van der Waals surface area (Å²) in [6, 6.07) is 7.76. The summed E-state index contributed by atoms with van der Waals surface area (Å²) in [6.45, 7) is 0.598. The maximum atomic E-state index is 5.66. The zero-order chi connectivity index (χ0) is 14.5. The Morgan fingerprint density at radius 2 is 1.85 bits per heavy atom. The molecule has 0 bridgehead atoms. The van der Waals surface area contributed by atoms with Gasteiger partial charge in [0.1, 0.15) is 5.75 Å². The first-order valence-corrected chi connectivity index (χ1v) is 6.14. The maximum absolute atomic E-state index is 5.66. The Bertz CT molecular complexity index is 570. The van der Waals surface area contributed by atoms with Crippen molar-refractivity contribution < 1.29 is 4.74 Å². The van der Waals surface area contributed by atoms with E-state index in [4.69, 9.17) is 10.5 Å². The molecule has 0 fully saturated rings. The number of methoxy groups -OCH3 is 1. The van der Waals surface area contributed by atoms with Crippen molar-refractivity contribution in [3.05, 3.63) is 29.8 Å². The molecule has 0 atom stereocenters. The fourth-order valence-electron chi connectivity index (χ4n) is 1.58. The van der Waals surface area contributed by atoms with E-state index in [1.54, 1.807) is 12.0 Å². The fraction of sp³-hybridized carbons (Fsp3) is 0.308. The molecule has 0 aliphatic heterocycles.